The molecule has 3 rings (SSSR count). The zero-order valence-corrected chi connectivity index (χ0v) is 19.3. The molecule has 2 aliphatic carbocycles. The zero-order chi connectivity index (χ0) is 21.7. The van der Waals surface area contributed by atoms with Gasteiger partial charge in [0.1, 0.15) is 10.6 Å². The van der Waals surface area contributed by atoms with Gasteiger partial charge in [-0.05, 0) is 49.8 Å². The van der Waals surface area contributed by atoms with Crippen LogP contribution in [0.25, 0.3) is 0 Å². The van der Waals surface area contributed by atoms with Crippen molar-refractivity contribution < 1.29 is 17.9 Å². The molecule has 0 saturated heterocycles. The van der Waals surface area contributed by atoms with Crippen LogP contribution >= 0.6 is 0 Å². The van der Waals surface area contributed by atoms with Crippen molar-refractivity contribution >= 4 is 15.9 Å². The topological polar surface area (TPSA) is 75.7 Å². The van der Waals surface area contributed by atoms with E-state index in [9.17, 15) is 13.2 Å². The number of benzene rings is 1. The van der Waals surface area contributed by atoms with Gasteiger partial charge in [-0.3, -0.25) is 4.79 Å². The largest absolute Gasteiger partial charge is 0.495 e. The van der Waals surface area contributed by atoms with E-state index < -0.39 is 10.0 Å². The van der Waals surface area contributed by atoms with Crippen molar-refractivity contribution in [1.29, 1.82) is 0 Å². The highest BCUT2D eigenvalue weighted by Gasteiger charge is 2.30. The molecule has 1 aromatic rings. The van der Waals surface area contributed by atoms with Crippen molar-refractivity contribution in [1.82, 2.24) is 9.62 Å². The van der Waals surface area contributed by atoms with Gasteiger partial charge in [0, 0.05) is 24.7 Å². The maximum atomic E-state index is 13.2. The predicted molar refractivity (Wildman–Crippen MR) is 118 cm³/mol. The van der Waals surface area contributed by atoms with Crippen LogP contribution in [0, 0.1) is 5.92 Å². The first-order valence-electron chi connectivity index (χ1n) is 11.3. The van der Waals surface area contributed by atoms with E-state index in [0.29, 0.717) is 11.5 Å². The molecular formula is C23H36N2O4S. The second-order valence-electron chi connectivity index (χ2n) is 8.92. The van der Waals surface area contributed by atoms with Gasteiger partial charge in [-0.25, -0.2) is 13.1 Å². The standard InChI is InChI=1S/C23H36N2O4S/c1-17-10-8-9-13-20(17)24-30(27,28)22-16-18(14-15-21(22)29-3)23(26)25(2)19-11-6-4-5-7-12-19/h14-17,19-20,24H,4-13H2,1-3H3. The van der Waals surface area contributed by atoms with E-state index in [-0.39, 0.29) is 28.6 Å². The number of hydrogen-bond donors (Lipinski definition) is 1. The molecule has 168 valence electrons. The molecule has 6 nitrogen and oxygen atoms in total. The summed E-state index contributed by atoms with van der Waals surface area (Å²) >= 11 is 0. The Kier molecular flexibility index (Phi) is 7.80. The molecular weight excluding hydrogens is 400 g/mol. The van der Waals surface area contributed by atoms with E-state index >= 15 is 0 Å². The van der Waals surface area contributed by atoms with Gasteiger partial charge in [-0.1, -0.05) is 45.4 Å². The summed E-state index contributed by atoms with van der Waals surface area (Å²) in [6.07, 6.45) is 10.7. The van der Waals surface area contributed by atoms with Crippen LogP contribution in [0.4, 0.5) is 0 Å². The average molecular weight is 437 g/mol. The normalized spacial score (nSPS) is 23.6. The molecule has 0 bridgehead atoms. The molecule has 7 heteroatoms. The third-order valence-corrected chi connectivity index (χ3v) is 8.32. The lowest BCUT2D eigenvalue weighted by molar-refractivity contribution is 0.0717. The summed E-state index contributed by atoms with van der Waals surface area (Å²) in [7, 11) is -0.507. The monoisotopic (exact) mass is 436 g/mol. The Balaban J connectivity index is 1.84. The van der Waals surface area contributed by atoms with Crippen molar-refractivity contribution in [2.75, 3.05) is 14.2 Å². The molecule has 1 aromatic carbocycles. The fourth-order valence-corrected chi connectivity index (χ4v) is 6.36. The summed E-state index contributed by atoms with van der Waals surface area (Å²) < 4.78 is 34.6. The van der Waals surface area contributed by atoms with Gasteiger partial charge in [0.25, 0.3) is 5.91 Å². The van der Waals surface area contributed by atoms with Gasteiger partial charge >= 0.3 is 0 Å². The van der Waals surface area contributed by atoms with Crippen LogP contribution in [0.2, 0.25) is 0 Å². The van der Waals surface area contributed by atoms with Crippen LogP contribution in [0.3, 0.4) is 0 Å². The number of methoxy groups -OCH3 is 1. The summed E-state index contributed by atoms with van der Waals surface area (Å²) in [4.78, 5) is 15.0. The summed E-state index contributed by atoms with van der Waals surface area (Å²) in [6.45, 7) is 2.09. The first kappa shape index (κ1) is 23.1. The molecule has 2 aliphatic rings. The van der Waals surface area contributed by atoms with Crippen molar-refractivity contribution in [2.24, 2.45) is 5.92 Å². The van der Waals surface area contributed by atoms with Crippen LogP contribution in [0.1, 0.15) is 81.5 Å². The number of nitrogens with one attached hydrogen (secondary N) is 1. The van der Waals surface area contributed by atoms with Gasteiger partial charge in [0.05, 0.1) is 7.11 Å². The van der Waals surface area contributed by atoms with Crippen LogP contribution < -0.4 is 9.46 Å². The molecule has 2 atom stereocenters. The molecule has 2 fully saturated rings. The van der Waals surface area contributed by atoms with E-state index in [1.807, 2.05) is 7.05 Å². The second-order valence-corrected chi connectivity index (χ2v) is 10.6. The van der Waals surface area contributed by atoms with Gasteiger partial charge in [0.2, 0.25) is 10.0 Å². The third kappa shape index (κ3) is 5.35. The van der Waals surface area contributed by atoms with E-state index in [1.54, 1.807) is 17.0 Å². The van der Waals surface area contributed by atoms with E-state index in [1.165, 1.54) is 26.0 Å². The Morgan fingerprint density at radius 2 is 1.67 bits per heavy atom. The lowest BCUT2D eigenvalue weighted by Gasteiger charge is -2.29. The van der Waals surface area contributed by atoms with Crippen molar-refractivity contribution in [3.8, 4) is 5.75 Å². The smallest absolute Gasteiger partial charge is 0.253 e. The number of ether oxygens (including phenoxy) is 1. The van der Waals surface area contributed by atoms with Crippen LogP contribution in [0.15, 0.2) is 23.1 Å². The summed E-state index contributed by atoms with van der Waals surface area (Å²) in [5.41, 5.74) is 0.389. The highest BCUT2D eigenvalue weighted by atomic mass is 32.2. The zero-order valence-electron chi connectivity index (χ0n) is 18.5. The van der Waals surface area contributed by atoms with Crippen molar-refractivity contribution in [3.05, 3.63) is 23.8 Å². The average Bonchev–Trinajstić information content (AvgIpc) is 3.03. The van der Waals surface area contributed by atoms with Crippen LogP contribution in [0.5, 0.6) is 5.75 Å². The van der Waals surface area contributed by atoms with E-state index in [2.05, 4.69) is 11.6 Å². The Morgan fingerprint density at radius 1 is 1.03 bits per heavy atom. The molecule has 1 amide bonds. The number of carbonyl (C=O) groups excluding carboxylic acids is 1. The first-order chi connectivity index (χ1) is 14.3. The summed E-state index contributed by atoms with van der Waals surface area (Å²) in [5.74, 6) is 0.428. The lowest BCUT2D eigenvalue weighted by Crippen LogP contribution is -2.41. The number of nitrogens with zero attached hydrogens (tertiary/aromatic N) is 1. The first-order valence-corrected chi connectivity index (χ1v) is 12.8. The van der Waals surface area contributed by atoms with Gasteiger partial charge < -0.3 is 9.64 Å². The lowest BCUT2D eigenvalue weighted by atomic mass is 9.87. The Labute approximate surface area is 181 Å². The summed E-state index contributed by atoms with van der Waals surface area (Å²) in [6, 6.07) is 4.86. The molecule has 1 N–H and O–H groups in total. The highest BCUT2D eigenvalue weighted by molar-refractivity contribution is 7.89. The fourth-order valence-electron chi connectivity index (χ4n) is 4.79. The van der Waals surface area contributed by atoms with E-state index in [0.717, 1.165) is 51.4 Å². The molecule has 0 aromatic heterocycles. The van der Waals surface area contributed by atoms with Crippen LogP contribution in [-0.4, -0.2) is 45.5 Å². The number of sulfonamides is 1. The molecule has 0 radical (unpaired) electrons. The second kappa shape index (κ2) is 10.1. The Hall–Kier alpha value is -1.60. The predicted octanol–water partition coefficient (Wildman–Crippen LogP) is 4.35. The van der Waals surface area contributed by atoms with Gasteiger partial charge in [0.15, 0.2) is 0 Å². The van der Waals surface area contributed by atoms with Crippen molar-refractivity contribution in [3.63, 3.8) is 0 Å². The summed E-state index contributed by atoms with van der Waals surface area (Å²) in [5, 5.41) is 0. The van der Waals surface area contributed by atoms with Crippen molar-refractivity contribution in [2.45, 2.75) is 88.1 Å². The maximum absolute atomic E-state index is 13.2. The molecule has 2 saturated carbocycles. The minimum Gasteiger partial charge on any atom is -0.495 e. The SMILES string of the molecule is COc1ccc(C(=O)N(C)C2CCCCCC2)cc1S(=O)(=O)NC1CCCCC1C. The number of amides is 1. The highest BCUT2D eigenvalue weighted by Crippen LogP contribution is 2.30. The number of rotatable bonds is 6. The number of carbonyl (C=O) groups is 1. The van der Waals surface area contributed by atoms with E-state index in [4.69, 9.17) is 4.74 Å². The fraction of sp³-hybridized carbons (Fsp3) is 0.696. The molecule has 2 unspecified atom stereocenters. The molecule has 0 aliphatic heterocycles. The maximum Gasteiger partial charge on any atom is 0.253 e. The number of hydrogen-bond acceptors (Lipinski definition) is 4. The molecule has 0 heterocycles. The minimum absolute atomic E-state index is 0.0443. The molecule has 30 heavy (non-hydrogen) atoms. The van der Waals surface area contributed by atoms with Gasteiger partial charge in [-0.15, -0.1) is 0 Å². The minimum atomic E-state index is -3.79. The van der Waals surface area contributed by atoms with Crippen LogP contribution in [-0.2, 0) is 10.0 Å². The third-order valence-electron chi connectivity index (χ3n) is 6.81. The molecule has 0 spiro atoms. The Morgan fingerprint density at radius 3 is 2.30 bits per heavy atom. The quantitative estimate of drug-likeness (QED) is 0.673. The Bertz CT molecular complexity index is 832. The van der Waals surface area contributed by atoms with Gasteiger partial charge in [-0.2, -0.15) is 0 Å².